The van der Waals surface area contributed by atoms with E-state index in [2.05, 4.69) is 46.4 Å². The monoisotopic (exact) mass is 420 g/mol. The van der Waals surface area contributed by atoms with E-state index in [-0.39, 0.29) is 18.0 Å². The van der Waals surface area contributed by atoms with Gasteiger partial charge in [-0.3, -0.25) is 4.79 Å². The van der Waals surface area contributed by atoms with Crippen LogP contribution >= 0.6 is 15.9 Å². The zero-order valence-corrected chi connectivity index (χ0v) is 16.7. The summed E-state index contributed by atoms with van der Waals surface area (Å²) in [6, 6.07) is 26.1. The first-order valence-electron chi connectivity index (χ1n) is 9.13. The van der Waals surface area contributed by atoms with Crippen LogP contribution < -0.4 is 10.2 Å². The molecule has 1 heterocycles. The number of halogens is 1. The van der Waals surface area contributed by atoms with Crippen LogP contribution in [-0.2, 0) is 0 Å². The average Bonchev–Trinajstić information content (AvgIpc) is 2.69. The fraction of sp³-hybridized carbons (Fsp3) is 0.174. The van der Waals surface area contributed by atoms with Crippen molar-refractivity contribution >= 4 is 33.2 Å². The van der Waals surface area contributed by atoms with Crippen molar-refractivity contribution in [2.75, 3.05) is 10.2 Å². The summed E-state index contributed by atoms with van der Waals surface area (Å²) >= 11 is 3.59. The van der Waals surface area contributed by atoms with Crippen molar-refractivity contribution in [1.29, 1.82) is 0 Å². The number of amides is 1. The number of hydrogen-bond donors (Lipinski definition) is 1. The van der Waals surface area contributed by atoms with Crippen LogP contribution in [0, 0.1) is 0 Å². The molecule has 136 valence electrons. The molecular weight excluding hydrogens is 400 g/mol. The first-order valence-corrected chi connectivity index (χ1v) is 9.92. The van der Waals surface area contributed by atoms with Crippen molar-refractivity contribution in [2.24, 2.45) is 0 Å². The molecule has 1 N–H and O–H groups in total. The van der Waals surface area contributed by atoms with Crippen LogP contribution in [0.4, 0.5) is 11.4 Å². The van der Waals surface area contributed by atoms with Gasteiger partial charge in [-0.05, 0) is 61.4 Å². The fourth-order valence-electron chi connectivity index (χ4n) is 3.74. The van der Waals surface area contributed by atoms with Gasteiger partial charge in [-0.15, -0.1) is 0 Å². The first kappa shape index (κ1) is 17.8. The summed E-state index contributed by atoms with van der Waals surface area (Å²) in [5.74, 6) is 0.0461. The summed E-state index contributed by atoms with van der Waals surface area (Å²) in [6.07, 6.45) is 0.844. The molecule has 0 aliphatic carbocycles. The molecule has 27 heavy (non-hydrogen) atoms. The largest absolute Gasteiger partial charge is 0.378 e. The molecule has 0 saturated heterocycles. The summed E-state index contributed by atoms with van der Waals surface area (Å²) in [5, 5.41) is 3.64. The van der Waals surface area contributed by atoms with E-state index in [0.717, 1.165) is 27.8 Å². The second-order valence-electron chi connectivity index (χ2n) is 6.89. The molecule has 0 bridgehead atoms. The van der Waals surface area contributed by atoms with E-state index in [1.54, 1.807) is 0 Å². The molecule has 1 aliphatic rings. The van der Waals surface area contributed by atoms with Crippen LogP contribution in [0.2, 0.25) is 0 Å². The Balaban J connectivity index is 1.73. The highest BCUT2D eigenvalue weighted by atomic mass is 79.9. The molecule has 3 aromatic carbocycles. The van der Waals surface area contributed by atoms with E-state index >= 15 is 0 Å². The number of nitrogens with one attached hydrogen (secondary N) is 1. The summed E-state index contributed by atoms with van der Waals surface area (Å²) in [7, 11) is 0. The number of carbonyl (C=O) groups is 1. The Morgan fingerprint density at radius 2 is 1.67 bits per heavy atom. The number of anilines is 2. The third-order valence-corrected chi connectivity index (χ3v) is 5.49. The van der Waals surface area contributed by atoms with Gasteiger partial charge in [0.1, 0.15) is 0 Å². The maximum Gasteiger partial charge on any atom is 0.258 e. The summed E-state index contributed by atoms with van der Waals surface area (Å²) in [4.78, 5) is 15.1. The van der Waals surface area contributed by atoms with E-state index < -0.39 is 0 Å². The molecule has 4 heteroatoms. The minimum absolute atomic E-state index is 0.0461. The lowest BCUT2D eigenvalue weighted by molar-refractivity contribution is 0.0974. The number of fused-ring (bicyclic) bond motifs is 1. The quantitative estimate of drug-likeness (QED) is 0.559. The third kappa shape index (κ3) is 3.62. The third-order valence-electron chi connectivity index (χ3n) is 5.00. The van der Waals surface area contributed by atoms with Crippen LogP contribution in [0.1, 0.15) is 35.3 Å². The Bertz CT molecular complexity index is 943. The van der Waals surface area contributed by atoms with Gasteiger partial charge in [-0.25, -0.2) is 0 Å². The molecule has 4 rings (SSSR count). The van der Waals surface area contributed by atoms with E-state index in [0.29, 0.717) is 5.56 Å². The summed E-state index contributed by atoms with van der Waals surface area (Å²) in [5.41, 5.74) is 3.91. The molecule has 0 fully saturated rings. The number of carbonyl (C=O) groups excluding carboxylic acids is 1. The Hall–Kier alpha value is -2.59. The highest BCUT2D eigenvalue weighted by molar-refractivity contribution is 9.10. The molecule has 0 spiro atoms. The lowest BCUT2D eigenvalue weighted by Gasteiger charge is -2.40. The average molecular weight is 421 g/mol. The summed E-state index contributed by atoms with van der Waals surface area (Å²) < 4.78 is 1.02. The Morgan fingerprint density at radius 1 is 1.00 bits per heavy atom. The van der Waals surface area contributed by atoms with Gasteiger partial charge in [0.05, 0.1) is 6.04 Å². The predicted octanol–water partition coefficient (Wildman–Crippen LogP) is 6.04. The molecule has 2 unspecified atom stereocenters. The van der Waals surface area contributed by atoms with Crippen molar-refractivity contribution in [3.05, 3.63) is 94.5 Å². The van der Waals surface area contributed by atoms with Crippen LogP contribution in [-0.4, -0.2) is 11.9 Å². The lowest BCUT2D eigenvalue weighted by Crippen LogP contribution is -2.44. The maximum atomic E-state index is 13.2. The van der Waals surface area contributed by atoms with Gasteiger partial charge < -0.3 is 10.2 Å². The highest BCUT2D eigenvalue weighted by Gasteiger charge is 2.34. The van der Waals surface area contributed by atoms with Gasteiger partial charge in [0.25, 0.3) is 5.91 Å². The van der Waals surface area contributed by atoms with Gasteiger partial charge in [-0.2, -0.15) is 0 Å². The lowest BCUT2D eigenvalue weighted by atomic mass is 9.90. The predicted molar refractivity (Wildman–Crippen MR) is 114 cm³/mol. The van der Waals surface area contributed by atoms with Crippen LogP contribution in [0.5, 0.6) is 0 Å². The Morgan fingerprint density at radius 3 is 2.37 bits per heavy atom. The number of rotatable bonds is 3. The van der Waals surface area contributed by atoms with E-state index in [1.807, 2.05) is 65.6 Å². The van der Waals surface area contributed by atoms with Crippen LogP contribution in [0.25, 0.3) is 0 Å². The molecule has 0 saturated carbocycles. The second kappa shape index (κ2) is 7.57. The van der Waals surface area contributed by atoms with E-state index in [9.17, 15) is 4.79 Å². The van der Waals surface area contributed by atoms with Crippen molar-refractivity contribution in [3.8, 4) is 0 Å². The van der Waals surface area contributed by atoms with Gasteiger partial charge in [0.15, 0.2) is 0 Å². The molecule has 1 aliphatic heterocycles. The van der Waals surface area contributed by atoms with Crippen LogP contribution in [0.3, 0.4) is 0 Å². The normalized spacial score (nSPS) is 18.7. The van der Waals surface area contributed by atoms with Gasteiger partial charge in [0, 0.05) is 27.5 Å². The zero-order valence-electron chi connectivity index (χ0n) is 15.1. The van der Waals surface area contributed by atoms with Gasteiger partial charge in [0.2, 0.25) is 0 Å². The number of nitrogens with zero attached hydrogens (tertiary/aromatic N) is 1. The number of benzene rings is 3. The molecule has 0 aromatic heterocycles. The van der Waals surface area contributed by atoms with Crippen LogP contribution in [0.15, 0.2) is 83.3 Å². The first-order chi connectivity index (χ1) is 13.1. The Kier molecular flexibility index (Phi) is 4.99. The van der Waals surface area contributed by atoms with E-state index in [4.69, 9.17) is 0 Å². The molecule has 3 aromatic rings. The molecule has 2 atom stereocenters. The topological polar surface area (TPSA) is 32.3 Å². The minimum Gasteiger partial charge on any atom is -0.378 e. The molecule has 1 amide bonds. The zero-order chi connectivity index (χ0) is 18.8. The molecular formula is C23H21BrN2O. The smallest absolute Gasteiger partial charge is 0.258 e. The maximum absolute atomic E-state index is 13.2. The van der Waals surface area contributed by atoms with E-state index in [1.165, 1.54) is 0 Å². The van der Waals surface area contributed by atoms with Crippen molar-refractivity contribution in [1.82, 2.24) is 0 Å². The van der Waals surface area contributed by atoms with Gasteiger partial charge >= 0.3 is 0 Å². The SMILES string of the molecule is CC1CC(Nc2ccccc2)c2cc(Br)ccc2N1C(=O)c1ccccc1. The standard InChI is InChI=1S/C23H21BrN2O/c1-16-14-21(25-19-10-6-3-7-11-19)20-15-18(24)12-13-22(20)26(16)23(27)17-8-4-2-5-9-17/h2-13,15-16,21,25H,14H2,1H3. The molecule has 0 radical (unpaired) electrons. The number of para-hydroxylation sites is 1. The van der Waals surface area contributed by atoms with Crippen molar-refractivity contribution in [3.63, 3.8) is 0 Å². The van der Waals surface area contributed by atoms with Crippen molar-refractivity contribution in [2.45, 2.75) is 25.4 Å². The Labute approximate surface area is 168 Å². The highest BCUT2D eigenvalue weighted by Crippen LogP contribution is 2.41. The number of hydrogen-bond acceptors (Lipinski definition) is 2. The second-order valence-corrected chi connectivity index (χ2v) is 7.81. The van der Waals surface area contributed by atoms with Crippen molar-refractivity contribution < 1.29 is 4.79 Å². The minimum atomic E-state index is 0.0461. The fourth-order valence-corrected chi connectivity index (χ4v) is 4.12. The van der Waals surface area contributed by atoms with Gasteiger partial charge in [-0.1, -0.05) is 52.3 Å². The molecule has 3 nitrogen and oxygen atoms in total. The summed E-state index contributed by atoms with van der Waals surface area (Å²) in [6.45, 7) is 2.12.